The van der Waals surface area contributed by atoms with E-state index < -0.39 is 11.2 Å². The first-order valence-electron chi connectivity index (χ1n) is 7.64. The van der Waals surface area contributed by atoms with Crippen LogP contribution in [0, 0.1) is 0 Å². The minimum Gasteiger partial charge on any atom is -0.383 e. The lowest BCUT2D eigenvalue weighted by atomic mass is 10.2. The number of aromatic amines is 1. The van der Waals surface area contributed by atoms with Gasteiger partial charge in [0.05, 0.1) is 12.8 Å². The Kier molecular flexibility index (Phi) is 4.75. The van der Waals surface area contributed by atoms with E-state index in [1.807, 2.05) is 30.3 Å². The number of rotatable bonds is 6. The summed E-state index contributed by atoms with van der Waals surface area (Å²) >= 11 is 0. The number of nitrogens with zero attached hydrogens (tertiary/aromatic N) is 4. The van der Waals surface area contributed by atoms with Gasteiger partial charge < -0.3 is 9.30 Å². The molecule has 9 nitrogen and oxygen atoms in total. The molecule has 0 radical (unpaired) electrons. The summed E-state index contributed by atoms with van der Waals surface area (Å²) in [5.74, 6) is 0.353. The smallest absolute Gasteiger partial charge is 0.329 e. The molecule has 0 fully saturated rings. The third kappa shape index (κ3) is 3.36. The fourth-order valence-electron chi connectivity index (χ4n) is 2.42. The van der Waals surface area contributed by atoms with Crippen LogP contribution in [0.2, 0.25) is 0 Å². The number of aromatic nitrogens is 4. The number of anilines is 1. The third-order valence-electron chi connectivity index (χ3n) is 3.70. The standard InChI is InChI=1S/C16H18N6O3/c1-21-13-12(14(23)19-16(21)24)22(8-9-25-2)15(18-13)20-17-10-11-6-4-3-5-7-11/h3-7,10H,8-9H2,1-2H3,(H,18,20)(H,19,23,24)/b17-10-. The number of fused-ring (bicyclic) bond motifs is 1. The minimum absolute atomic E-state index is 0.280. The highest BCUT2D eigenvalue weighted by Crippen LogP contribution is 2.15. The van der Waals surface area contributed by atoms with Crippen molar-refractivity contribution >= 4 is 23.3 Å². The molecule has 0 unspecified atom stereocenters. The zero-order valence-electron chi connectivity index (χ0n) is 13.9. The van der Waals surface area contributed by atoms with Crippen molar-refractivity contribution in [1.82, 2.24) is 19.1 Å². The van der Waals surface area contributed by atoms with Crippen molar-refractivity contribution in [2.45, 2.75) is 6.54 Å². The predicted molar refractivity (Wildman–Crippen MR) is 95.1 cm³/mol. The molecule has 25 heavy (non-hydrogen) atoms. The summed E-state index contributed by atoms with van der Waals surface area (Å²) in [7, 11) is 3.12. The molecule has 1 aromatic carbocycles. The number of imidazole rings is 1. The average Bonchev–Trinajstić information content (AvgIpc) is 2.98. The fraction of sp³-hybridized carbons (Fsp3) is 0.250. The first kappa shape index (κ1) is 16.7. The average molecular weight is 342 g/mol. The summed E-state index contributed by atoms with van der Waals surface area (Å²) in [6.45, 7) is 0.766. The van der Waals surface area contributed by atoms with Crippen LogP contribution in [0.15, 0.2) is 45.0 Å². The van der Waals surface area contributed by atoms with Gasteiger partial charge in [0, 0.05) is 20.7 Å². The molecule has 0 spiro atoms. The van der Waals surface area contributed by atoms with Crippen LogP contribution < -0.4 is 16.7 Å². The zero-order chi connectivity index (χ0) is 17.8. The maximum absolute atomic E-state index is 12.2. The number of hydrazone groups is 1. The summed E-state index contributed by atoms with van der Waals surface area (Å²) in [5, 5.41) is 4.16. The summed E-state index contributed by atoms with van der Waals surface area (Å²) in [5.41, 5.74) is 3.30. The van der Waals surface area contributed by atoms with E-state index in [1.165, 1.54) is 4.57 Å². The van der Waals surface area contributed by atoms with E-state index in [0.29, 0.717) is 19.1 Å². The van der Waals surface area contributed by atoms with Gasteiger partial charge in [-0.3, -0.25) is 14.3 Å². The van der Waals surface area contributed by atoms with E-state index in [2.05, 4.69) is 20.5 Å². The van der Waals surface area contributed by atoms with Crippen molar-refractivity contribution in [3.63, 3.8) is 0 Å². The van der Waals surface area contributed by atoms with E-state index in [1.54, 1.807) is 24.9 Å². The van der Waals surface area contributed by atoms with Gasteiger partial charge in [-0.25, -0.2) is 10.2 Å². The van der Waals surface area contributed by atoms with E-state index in [-0.39, 0.29) is 11.2 Å². The van der Waals surface area contributed by atoms with E-state index in [9.17, 15) is 9.59 Å². The van der Waals surface area contributed by atoms with Gasteiger partial charge in [-0.15, -0.1) is 0 Å². The van der Waals surface area contributed by atoms with E-state index >= 15 is 0 Å². The molecule has 0 atom stereocenters. The summed E-state index contributed by atoms with van der Waals surface area (Å²) in [4.78, 5) is 30.6. The SMILES string of the molecule is COCCn1c(N/N=C\c2ccccc2)nc2c1c(=O)[nH]c(=O)n2C. The van der Waals surface area contributed by atoms with Crippen molar-refractivity contribution in [2.24, 2.45) is 12.1 Å². The Morgan fingerprint density at radius 3 is 2.80 bits per heavy atom. The molecule has 0 amide bonds. The first-order valence-corrected chi connectivity index (χ1v) is 7.64. The number of methoxy groups -OCH3 is 1. The molecular formula is C16H18N6O3. The van der Waals surface area contributed by atoms with Gasteiger partial charge in [0.2, 0.25) is 5.95 Å². The van der Waals surface area contributed by atoms with Crippen molar-refractivity contribution < 1.29 is 4.74 Å². The monoisotopic (exact) mass is 342 g/mol. The summed E-state index contributed by atoms with van der Waals surface area (Å²) < 4.78 is 8.01. The van der Waals surface area contributed by atoms with Gasteiger partial charge in [-0.2, -0.15) is 10.1 Å². The van der Waals surface area contributed by atoms with Crippen LogP contribution in [0.25, 0.3) is 11.2 Å². The number of ether oxygens (including phenoxy) is 1. The van der Waals surface area contributed by atoms with Gasteiger partial charge in [0.1, 0.15) is 0 Å². The second-order valence-electron chi connectivity index (χ2n) is 5.35. The molecule has 0 saturated carbocycles. The van der Waals surface area contributed by atoms with Crippen LogP contribution in [-0.2, 0) is 18.3 Å². The first-order chi connectivity index (χ1) is 12.1. The lowest BCUT2D eigenvalue weighted by Gasteiger charge is -2.07. The van der Waals surface area contributed by atoms with Crippen LogP contribution >= 0.6 is 0 Å². The minimum atomic E-state index is -0.520. The van der Waals surface area contributed by atoms with Gasteiger partial charge >= 0.3 is 5.69 Å². The molecule has 3 aromatic rings. The van der Waals surface area contributed by atoms with Gasteiger partial charge in [0.25, 0.3) is 5.56 Å². The molecule has 2 heterocycles. The van der Waals surface area contributed by atoms with Crippen LogP contribution in [0.4, 0.5) is 5.95 Å². The fourth-order valence-corrected chi connectivity index (χ4v) is 2.42. The van der Waals surface area contributed by atoms with Crippen molar-refractivity contribution in [3.05, 3.63) is 56.7 Å². The molecule has 130 valence electrons. The number of hydrogen-bond acceptors (Lipinski definition) is 6. The number of hydrogen-bond donors (Lipinski definition) is 2. The van der Waals surface area contributed by atoms with E-state index in [4.69, 9.17) is 4.74 Å². The molecule has 3 rings (SSSR count). The van der Waals surface area contributed by atoms with Crippen LogP contribution in [0.1, 0.15) is 5.56 Å². The Labute approximate surface area is 142 Å². The largest absolute Gasteiger partial charge is 0.383 e. The molecule has 0 aliphatic rings. The molecule has 2 N–H and O–H groups in total. The summed E-state index contributed by atoms with van der Waals surface area (Å²) in [6.07, 6.45) is 1.64. The molecule has 0 aliphatic carbocycles. The van der Waals surface area contributed by atoms with Gasteiger partial charge in [-0.05, 0) is 5.56 Å². The molecular weight excluding hydrogens is 324 g/mol. The second-order valence-corrected chi connectivity index (χ2v) is 5.35. The van der Waals surface area contributed by atoms with Gasteiger partial charge in [0.15, 0.2) is 11.2 Å². The highest BCUT2D eigenvalue weighted by atomic mass is 16.5. The molecule has 0 saturated heterocycles. The number of nitrogens with one attached hydrogen (secondary N) is 2. The Hall–Kier alpha value is -3.20. The maximum Gasteiger partial charge on any atom is 0.329 e. The molecule has 2 aromatic heterocycles. The molecule has 9 heteroatoms. The van der Waals surface area contributed by atoms with Gasteiger partial charge in [-0.1, -0.05) is 30.3 Å². The number of benzene rings is 1. The normalized spacial score (nSPS) is 11.4. The lowest BCUT2D eigenvalue weighted by Crippen LogP contribution is -2.29. The van der Waals surface area contributed by atoms with Crippen LogP contribution in [0.5, 0.6) is 0 Å². The van der Waals surface area contributed by atoms with E-state index in [0.717, 1.165) is 5.56 Å². The molecule has 0 aliphatic heterocycles. The lowest BCUT2D eigenvalue weighted by molar-refractivity contribution is 0.188. The third-order valence-corrected chi connectivity index (χ3v) is 3.70. The Balaban J connectivity index is 2.03. The highest BCUT2D eigenvalue weighted by Gasteiger charge is 2.16. The Bertz CT molecular complexity index is 1020. The second kappa shape index (κ2) is 7.14. The quantitative estimate of drug-likeness (QED) is 0.502. The van der Waals surface area contributed by atoms with Crippen molar-refractivity contribution in [1.29, 1.82) is 0 Å². The predicted octanol–water partition coefficient (Wildman–Crippen LogP) is 0.516. The topological polar surface area (TPSA) is 106 Å². The molecule has 0 bridgehead atoms. The number of H-pyrrole nitrogens is 1. The van der Waals surface area contributed by atoms with Crippen molar-refractivity contribution in [3.8, 4) is 0 Å². The zero-order valence-corrected chi connectivity index (χ0v) is 13.9. The highest BCUT2D eigenvalue weighted by molar-refractivity contribution is 5.80. The number of aryl methyl sites for hydroxylation is 1. The maximum atomic E-state index is 12.2. The Morgan fingerprint density at radius 1 is 1.32 bits per heavy atom. The van der Waals surface area contributed by atoms with Crippen molar-refractivity contribution in [2.75, 3.05) is 19.1 Å². The van der Waals surface area contributed by atoms with Crippen LogP contribution in [0.3, 0.4) is 0 Å². The Morgan fingerprint density at radius 2 is 2.08 bits per heavy atom. The van der Waals surface area contributed by atoms with Crippen LogP contribution in [-0.4, -0.2) is 39.0 Å². The summed E-state index contributed by atoms with van der Waals surface area (Å²) in [6, 6.07) is 9.55.